The number of thioether (sulfide) groups is 1. The minimum absolute atomic E-state index is 0.0321. The average molecular weight is 388 g/mol. The van der Waals surface area contributed by atoms with Crippen molar-refractivity contribution >= 4 is 28.7 Å². The number of carbonyl (C=O) groups excluding carboxylic acids is 1. The van der Waals surface area contributed by atoms with E-state index in [4.69, 9.17) is 0 Å². The molecule has 140 valence electrons. The van der Waals surface area contributed by atoms with Crippen LogP contribution in [-0.2, 0) is 12.3 Å². The Morgan fingerprint density at radius 1 is 0.964 bits per heavy atom. The zero-order chi connectivity index (χ0) is 19.3. The van der Waals surface area contributed by atoms with Crippen molar-refractivity contribution in [3.63, 3.8) is 0 Å². The van der Waals surface area contributed by atoms with Gasteiger partial charge < -0.3 is 9.88 Å². The molecule has 1 heterocycles. The van der Waals surface area contributed by atoms with Crippen molar-refractivity contribution in [2.75, 3.05) is 7.05 Å². The van der Waals surface area contributed by atoms with Gasteiger partial charge in [-0.3, -0.25) is 4.79 Å². The Hall–Kier alpha value is -3.05. The Labute approximate surface area is 168 Å². The predicted octanol–water partition coefficient (Wildman–Crippen LogP) is 5.13. The molecule has 0 spiro atoms. The maximum absolute atomic E-state index is 13.0. The molecule has 5 heteroatoms. The number of H-pyrrole nitrogens is 1. The Bertz CT molecular complexity index is 1060. The largest absolute Gasteiger partial charge is 0.337 e. The lowest BCUT2D eigenvalue weighted by atomic mass is 10.1. The smallest absolute Gasteiger partial charge is 0.254 e. The predicted molar refractivity (Wildman–Crippen MR) is 114 cm³/mol. The molecule has 4 nitrogen and oxygen atoms in total. The average Bonchev–Trinajstić information content (AvgIpc) is 3.15. The van der Waals surface area contributed by atoms with Crippen molar-refractivity contribution in [3.05, 3.63) is 95.6 Å². The fraction of sp³-hybridized carbons (Fsp3) is 0.130. The molecule has 28 heavy (non-hydrogen) atoms. The first-order valence-corrected chi connectivity index (χ1v) is 10.1. The number of para-hydroxylation sites is 2. The number of fused-ring (bicyclic) bond motifs is 1. The van der Waals surface area contributed by atoms with Gasteiger partial charge in [-0.15, -0.1) is 0 Å². The molecule has 0 saturated carbocycles. The molecule has 1 aromatic heterocycles. The van der Waals surface area contributed by atoms with E-state index in [0.29, 0.717) is 12.3 Å². The Balaban J connectivity index is 1.48. The lowest BCUT2D eigenvalue weighted by Gasteiger charge is -2.19. The lowest BCUT2D eigenvalue weighted by Crippen LogP contribution is -2.27. The molecule has 1 N–H and O–H groups in total. The number of benzene rings is 3. The van der Waals surface area contributed by atoms with Crippen molar-refractivity contribution in [1.82, 2.24) is 14.9 Å². The first-order valence-electron chi connectivity index (χ1n) is 9.15. The van der Waals surface area contributed by atoms with E-state index < -0.39 is 0 Å². The molecule has 0 aliphatic heterocycles. The third-order valence-corrected chi connectivity index (χ3v) is 5.51. The highest BCUT2D eigenvalue weighted by molar-refractivity contribution is 7.98. The van der Waals surface area contributed by atoms with E-state index in [1.54, 1.807) is 16.7 Å². The van der Waals surface area contributed by atoms with Gasteiger partial charge in [0.2, 0.25) is 0 Å². The van der Waals surface area contributed by atoms with Gasteiger partial charge in [0.15, 0.2) is 5.16 Å². The number of amides is 1. The van der Waals surface area contributed by atoms with Crippen LogP contribution in [0, 0.1) is 0 Å². The fourth-order valence-corrected chi connectivity index (χ4v) is 4.02. The fourth-order valence-electron chi connectivity index (χ4n) is 3.13. The lowest BCUT2D eigenvalue weighted by molar-refractivity contribution is 0.0784. The standard InChI is InChI=1S/C23H21N3OS/c1-26(15-17-9-3-2-4-10-17)22(27)19-12-6-5-11-18(19)16-28-23-24-20-13-7-8-14-21(20)25-23/h2-14H,15-16H2,1H3,(H,24,25). The summed E-state index contributed by atoms with van der Waals surface area (Å²) in [7, 11) is 1.85. The number of aromatic amines is 1. The number of carbonyl (C=O) groups is 1. The summed E-state index contributed by atoms with van der Waals surface area (Å²) in [6.45, 7) is 0.588. The summed E-state index contributed by atoms with van der Waals surface area (Å²) >= 11 is 1.61. The zero-order valence-electron chi connectivity index (χ0n) is 15.6. The molecular weight excluding hydrogens is 366 g/mol. The second kappa shape index (κ2) is 8.31. The first kappa shape index (κ1) is 18.3. The van der Waals surface area contributed by atoms with Gasteiger partial charge in [-0.1, -0.05) is 72.4 Å². The van der Waals surface area contributed by atoms with Gasteiger partial charge in [0.1, 0.15) is 0 Å². The third kappa shape index (κ3) is 4.10. The van der Waals surface area contributed by atoms with Gasteiger partial charge in [-0.05, 0) is 29.3 Å². The van der Waals surface area contributed by atoms with Crippen LogP contribution < -0.4 is 0 Å². The quantitative estimate of drug-likeness (QED) is 0.467. The molecule has 3 aromatic carbocycles. The van der Waals surface area contributed by atoms with Gasteiger partial charge >= 0.3 is 0 Å². The number of rotatable bonds is 6. The Morgan fingerprint density at radius 2 is 1.68 bits per heavy atom. The zero-order valence-corrected chi connectivity index (χ0v) is 16.4. The number of hydrogen-bond acceptors (Lipinski definition) is 3. The van der Waals surface area contributed by atoms with Crippen molar-refractivity contribution in [1.29, 1.82) is 0 Å². The molecule has 4 rings (SSSR count). The van der Waals surface area contributed by atoms with E-state index in [1.807, 2.05) is 85.9 Å². The summed E-state index contributed by atoms with van der Waals surface area (Å²) in [6, 6.07) is 25.8. The van der Waals surface area contributed by atoms with Crippen LogP contribution >= 0.6 is 11.8 Å². The van der Waals surface area contributed by atoms with Gasteiger partial charge in [0.25, 0.3) is 5.91 Å². The maximum atomic E-state index is 13.0. The molecule has 0 aliphatic carbocycles. The summed E-state index contributed by atoms with van der Waals surface area (Å²) in [6.07, 6.45) is 0. The monoisotopic (exact) mass is 387 g/mol. The molecule has 0 unspecified atom stereocenters. The second-order valence-corrected chi connectivity index (χ2v) is 7.62. The Kier molecular flexibility index (Phi) is 5.44. The molecule has 0 aliphatic rings. The normalized spacial score (nSPS) is 10.9. The van der Waals surface area contributed by atoms with Crippen LogP contribution in [0.3, 0.4) is 0 Å². The maximum Gasteiger partial charge on any atom is 0.254 e. The molecule has 0 bridgehead atoms. The number of nitrogens with one attached hydrogen (secondary N) is 1. The van der Waals surface area contributed by atoms with Gasteiger partial charge in [0.05, 0.1) is 11.0 Å². The van der Waals surface area contributed by atoms with Crippen LogP contribution in [0.4, 0.5) is 0 Å². The summed E-state index contributed by atoms with van der Waals surface area (Å²) in [5.41, 5.74) is 4.85. The van der Waals surface area contributed by atoms with Crippen molar-refractivity contribution < 1.29 is 4.79 Å². The van der Waals surface area contributed by atoms with E-state index in [0.717, 1.165) is 32.9 Å². The molecule has 1 amide bonds. The van der Waals surface area contributed by atoms with Crippen molar-refractivity contribution in [3.8, 4) is 0 Å². The summed E-state index contributed by atoms with van der Waals surface area (Å²) < 4.78 is 0. The Morgan fingerprint density at radius 3 is 2.50 bits per heavy atom. The number of aromatic nitrogens is 2. The van der Waals surface area contributed by atoms with Gasteiger partial charge in [-0.25, -0.2) is 4.98 Å². The molecule has 0 saturated heterocycles. The number of imidazole rings is 1. The van der Waals surface area contributed by atoms with Crippen LogP contribution in [0.15, 0.2) is 84.0 Å². The van der Waals surface area contributed by atoms with E-state index in [1.165, 1.54) is 0 Å². The minimum Gasteiger partial charge on any atom is -0.337 e. The van der Waals surface area contributed by atoms with Crippen LogP contribution in [0.5, 0.6) is 0 Å². The highest BCUT2D eigenvalue weighted by atomic mass is 32.2. The SMILES string of the molecule is CN(Cc1ccccc1)C(=O)c1ccccc1CSc1nc2ccccc2[nH]1. The van der Waals surface area contributed by atoms with Crippen LogP contribution in [0.25, 0.3) is 11.0 Å². The van der Waals surface area contributed by atoms with Gasteiger partial charge in [0, 0.05) is 24.9 Å². The first-order chi connectivity index (χ1) is 13.7. The van der Waals surface area contributed by atoms with Crippen molar-refractivity contribution in [2.45, 2.75) is 17.5 Å². The highest BCUT2D eigenvalue weighted by Gasteiger charge is 2.16. The van der Waals surface area contributed by atoms with E-state index in [2.05, 4.69) is 9.97 Å². The van der Waals surface area contributed by atoms with Crippen LogP contribution in [-0.4, -0.2) is 27.8 Å². The number of nitrogens with zero attached hydrogens (tertiary/aromatic N) is 2. The molecule has 4 aromatic rings. The highest BCUT2D eigenvalue weighted by Crippen LogP contribution is 2.25. The molecule has 0 atom stereocenters. The number of hydrogen-bond donors (Lipinski definition) is 1. The van der Waals surface area contributed by atoms with E-state index in [-0.39, 0.29) is 5.91 Å². The topological polar surface area (TPSA) is 49.0 Å². The van der Waals surface area contributed by atoms with Crippen LogP contribution in [0.1, 0.15) is 21.5 Å². The molecule has 0 radical (unpaired) electrons. The van der Waals surface area contributed by atoms with E-state index >= 15 is 0 Å². The summed E-state index contributed by atoms with van der Waals surface area (Å²) in [5, 5.41) is 0.862. The van der Waals surface area contributed by atoms with Gasteiger partial charge in [-0.2, -0.15) is 0 Å². The van der Waals surface area contributed by atoms with Crippen molar-refractivity contribution in [2.24, 2.45) is 0 Å². The summed E-state index contributed by atoms with van der Waals surface area (Å²) in [4.78, 5) is 22.7. The third-order valence-electron chi connectivity index (χ3n) is 4.59. The molecule has 0 fully saturated rings. The van der Waals surface area contributed by atoms with Crippen LogP contribution in [0.2, 0.25) is 0 Å². The molecular formula is C23H21N3OS. The summed E-state index contributed by atoms with van der Waals surface area (Å²) in [5.74, 6) is 0.714. The second-order valence-electron chi connectivity index (χ2n) is 6.65. The minimum atomic E-state index is 0.0321. The van der Waals surface area contributed by atoms with E-state index in [9.17, 15) is 4.79 Å².